The molecule has 2 aromatic rings. The van der Waals surface area contributed by atoms with Gasteiger partial charge in [-0.2, -0.15) is 0 Å². The third kappa shape index (κ3) is 3.22. The molecule has 0 amide bonds. The summed E-state index contributed by atoms with van der Waals surface area (Å²) in [4.78, 5) is 8.73. The summed E-state index contributed by atoms with van der Waals surface area (Å²) in [5.41, 5.74) is 2.65. The lowest BCUT2D eigenvalue weighted by atomic mass is 10.1. The van der Waals surface area contributed by atoms with Crippen molar-refractivity contribution in [2.24, 2.45) is 5.92 Å². The monoisotopic (exact) mass is 307 g/mol. The van der Waals surface area contributed by atoms with Gasteiger partial charge in [-0.25, -0.2) is 4.98 Å². The molecule has 108 valence electrons. The highest BCUT2D eigenvalue weighted by Crippen LogP contribution is 2.29. The summed E-state index contributed by atoms with van der Waals surface area (Å²) >= 11 is 3.66. The first kappa shape index (κ1) is 14.0. The van der Waals surface area contributed by atoms with Crippen molar-refractivity contribution in [2.45, 2.75) is 33.4 Å². The number of anilines is 1. The normalized spacial score (nSPS) is 14.8. The average Bonchev–Trinajstić information content (AvgIpc) is 3.05. The van der Waals surface area contributed by atoms with Crippen LogP contribution < -0.4 is 10.2 Å². The van der Waals surface area contributed by atoms with Crippen molar-refractivity contribution in [1.82, 2.24) is 10.3 Å². The van der Waals surface area contributed by atoms with Crippen LogP contribution in [0.15, 0.2) is 16.8 Å². The molecule has 3 rings (SSSR count). The molecule has 1 aliphatic rings. The Morgan fingerprint density at radius 3 is 3.15 bits per heavy atom. The van der Waals surface area contributed by atoms with Crippen molar-refractivity contribution in [1.29, 1.82) is 0 Å². The van der Waals surface area contributed by atoms with Gasteiger partial charge in [-0.05, 0) is 35.9 Å². The summed E-state index contributed by atoms with van der Waals surface area (Å²) in [7, 11) is 0. The minimum absolute atomic E-state index is 0.687. The molecule has 0 fully saturated rings. The Hall–Kier alpha value is -0.910. The SMILES string of the molecule is CC(C)CNCc1csc(N2CCc3sccc3C2)n1. The second kappa shape index (κ2) is 6.24. The summed E-state index contributed by atoms with van der Waals surface area (Å²) in [6.45, 7) is 8.50. The third-order valence-corrected chi connectivity index (χ3v) is 5.45. The Kier molecular flexibility index (Phi) is 4.38. The van der Waals surface area contributed by atoms with Crippen LogP contribution in [0.3, 0.4) is 0 Å². The number of nitrogens with one attached hydrogen (secondary N) is 1. The first-order chi connectivity index (χ1) is 9.72. The van der Waals surface area contributed by atoms with Crippen LogP contribution in [-0.4, -0.2) is 18.1 Å². The first-order valence-corrected chi connectivity index (χ1v) is 8.93. The van der Waals surface area contributed by atoms with E-state index in [-0.39, 0.29) is 0 Å². The number of nitrogens with zero attached hydrogens (tertiary/aromatic N) is 2. The van der Waals surface area contributed by atoms with Crippen LogP contribution in [0.2, 0.25) is 0 Å². The number of rotatable bonds is 5. The second-order valence-electron chi connectivity index (χ2n) is 5.69. The predicted octanol–water partition coefficient (Wildman–Crippen LogP) is 3.51. The molecule has 3 nitrogen and oxygen atoms in total. The van der Waals surface area contributed by atoms with Gasteiger partial charge in [0, 0.05) is 29.9 Å². The lowest BCUT2D eigenvalue weighted by Crippen LogP contribution is -2.29. The number of hydrogen-bond acceptors (Lipinski definition) is 5. The Morgan fingerprint density at radius 2 is 2.30 bits per heavy atom. The first-order valence-electron chi connectivity index (χ1n) is 7.17. The highest BCUT2D eigenvalue weighted by Gasteiger charge is 2.19. The fourth-order valence-electron chi connectivity index (χ4n) is 2.42. The summed E-state index contributed by atoms with van der Waals surface area (Å²) in [6.07, 6.45) is 1.16. The largest absolute Gasteiger partial charge is 0.343 e. The lowest BCUT2D eigenvalue weighted by molar-refractivity contribution is 0.549. The molecule has 0 bridgehead atoms. The molecule has 0 atom stereocenters. The number of hydrogen-bond donors (Lipinski definition) is 1. The van der Waals surface area contributed by atoms with Crippen LogP contribution in [0.5, 0.6) is 0 Å². The van der Waals surface area contributed by atoms with E-state index in [2.05, 4.69) is 40.9 Å². The predicted molar refractivity (Wildman–Crippen MR) is 87.7 cm³/mol. The van der Waals surface area contributed by atoms with Crippen molar-refractivity contribution in [3.63, 3.8) is 0 Å². The van der Waals surface area contributed by atoms with Gasteiger partial charge in [-0.3, -0.25) is 0 Å². The van der Waals surface area contributed by atoms with Crippen molar-refractivity contribution in [2.75, 3.05) is 18.0 Å². The summed E-state index contributed by atoms with van der Waals surface area (Å²) < 4.78 is 0. The van der Waals surface area contributed by atoms with Crippen molar-refractivity contribution >= 4 is 27.8 Å². The molecular formula is C15H21N3S2. The zero-order valence-electron chi connectivity index (χ0n) is 12.1. The maximum atomic E-state index is 4.77. The number of thiazole rings is 1. The number of aromatic nitrogens is 1. The zero-order valence-corrected chi connectivity index (χ0v) is 13.7. The molecule has 5 heteroatoms. The Balaban J connectivity index is 1.60. The molecule has 0 saturated heterocycles. The minimum Gasteiger partial charge on any atom is -0.343 e. The molecule has 0 spiro atoms. The smallest absolute Gasteiger partial charge is 0.185 e. The Morgan fingerprint density at radius 1 is 1.40 bits per heavy atom. The maximum Gasteiger partial charge on any atom is 0.185 e. The van der Waals surface area contributed by atoms with Gasteiger partial charge in [-0.15, -0.1) is 22.7 Å². The molecule has 1 aliphatic heterocycles. The van der Waals surface area contributed by atoms with Gasteiger partial charge < -0.3 is 10.2 Å². The van der Waals surface area contributed by atoms with E-state index in [9.17, 15) is 0 Å². The molecule has 0 radical (unpaired) electrons. The topological polar surface area (TPSA) is 28.2 Å². The molecule has 0 aromatic carbocycles. The van der Waals surface area contributed by atoms with Crippen LogP contribution in [0.1, 0.15) is 30.0 Å². The quantitative estimate of drug-likeness (QED) is 0.916. The highest BCUT2D eigenvalue weighted by atomic mass is 32.1. The summed E-state index contributed by atoms with van der Waals surface area (Å²) in [5, 5.41) is 9.02. The minimum atomic E-state index is 0.687. The fourth-order valence-corrected chi connectivity index (χ4v) is 4.17. The van der Waals surface area contributed by atoms with Crippen LogP contribution in [0, 0.1) is 5.92 Å². The number of fused-ring (bicyclic) bond motifs is 1. The van der Waals surface area contributed by atoms with Crippen LogP contribution >= 0.6 is 22.7 Å². The Labute approximate surface area is 128 Å². The third-order valence-electron chi connectivity index (χ3n) is 3.48. The fraction of sp³-hybridized carbons (Fsp3) is 0.533. The molecule has 0 aliphatic carbocycles. The highest BCUT2D eigenvalue weighted by molar-refractivity contribution is 7.13. The van der Waals surface area contributed by atoms with Gasteiger partial charge in [0.05, 0.1) is 5.69 Å². The molecule has 0 saturated carbocycles. The van der Waals surface area contributed by atoms with E-state index in [1.165, 1.54) is 16.4 Å². The second-order valence-corrected chi connectivity index (χ2v) is 7.52. The van der Waals surface area contributed by atoms with E-state index in [1.807, 2.05) is 11.3 Å². The van der Waals surface area contributed by atoms with Crippen LogP contribution in [0.25, 0.3) is 0 Å². The van der Waals surface area contributed by atoms with Gasteiger partial charge in [0.15, 0.2) is 5.13 Å². The van der Waals surface area contributed by atoms with Crippen molar-refractivity contribution in [3.05, 3.63) is 33.0 Å². The summed E-state index contributed by atoms with van der Waals surface area (Å²) in [5.74, 6) is 0.687. The van der Waals surface area contributed by atoms with E-state index in [0.717, 1.165) is 32.6 Å². The van der Waals surface area contributed by atoms with Gasteiger partial charge in [0.2, 0.25) is 0 Å². The van der Waals surface area contributed by atoms with Gasteiger partial charge in [0.1, 0.15) is 0 Å². The maximum absolute atomic E-state index is 4.77. The summed E-state index contributed by atoms with van der Waals surface area (Å²) in [6, 6.07) is 2.25. The van der Waals surface area contributed by atoms with E-state index in [1.54, 1.807) is 16.2 Å². The van der Waals surface area contributed by atoms with Crippen molar-refractivity contribution < 1.29 is 0 Å². The van der Waals surface area contributed by atoms with Crippen LogP contribution in [0.4, 0.5) is 5.13 Å². The lowest BCUT2D eigenvalue weighted by Gasteiger charge is -2.26. The zero-order chi connectivity index (χ0) is 13.9. The standard InChI is InChI=1S/C15H21N3S2/c1-11(2)7-16-8-13-10-20-15(17-13)18-5-3-14-12(9-18)4-6-19-14/h4,6,10-11,16H,3,5,7-9H2,1-2H3. The van der Waals surface area contributed by atoms with Crippen molar-refractivity contribution in [3.8, 4) is 0 Å². The van der Waals surface area contributed by atoms with Gasteiger partial charge in [-0.1, -0.05) is 13.8 Å². The molecule has 20 heavy (non-hydrogen) atoms. The molecular weight excluding hydrogens is 286 g/mol. The van der Waals surface area contributed by atoms with Gasteiger partial charge >= 0.3 is 0 Å². The number of thiophene rings is 1. The molecule has 1 N–H and O–H groups in total. The van der Waals surface area contributed by atoms with Gasteiger partial charge in [0.25, 0.3) is 0 Å². The molecule has 0 unspecified atom stereocenters. The molecule has 3 heterocycles. The Bertz CT molecular complexity index is 559. The van der Waals surface area contributed by atoms with E-state index in [0.29, 0.717) is 5.92 Å². The van der Waals surface area contributed by atoms with E-state index >= 15 is 0 Å². The van der Waals surface area contributed by atoms with E-state index < -0.39 is 0 Å². The molecule has 2 aromatic heterocycles. The average molecular weight is 307 g/mol. The van der Waals surface area contributed by atoms with E-state index in [4.69, 9.17) is 4.98 Å². The van der Waals surface area contributed by atoms with Crippen LogP contribution in [-0.2, 0) is 19.5 Å².